The molecule has 0 spiro atoms. The smallest absolute Gasteiger partial charge is 0.313 e. The van der Waals surface area contributed by atoms with Crippen molar-refractivity contribution in [2.75, 3.05) is 6.61 Å². The molecule has 0 N–H and O–H groups in total. The first-order valence-corrected chi connectivity index (χ1v) is 5.40. The Balaban J connectivity index is 2.82. The van der Waals surface area contributed by atoms with Gasteiger partial charge >= 0.3 is 5.97 Å². The van der Waals surface area contributed by atoms with Gasteiger partial charge in [-0.15, -0.1) is 0 Å². The van der Waals surface area contributed by atoms with E-state index in [-0.39, 0.29) is 17.8 Å². The summed E-state index contributed by atoms with van der Waals surface area (Å²) in [6.07, 6.45) is 0.174. The van der Waals surface area contributed by atoms with E-state index in [1.165, 1.54) is 0 Å². The van der Waals surface area contributed by atoms with Crippen molar-refractivity contribution in [1.82, 2.24) is 14.8 Å². The molecule has 0 aromatic carbocycles. The minimum Gasteiger partial charge on any atom is -0.466 e. The largest absolute Gasteiger partial charge is 0.466 e. The summed E-state index contributed by atoms with van der Waals surface area (Å²) < 4.78 is 6.51. The van der Waals surface area contributed by atoms with E-state index in [4.69, 9.17) is 4.74 Å². The van der Waals surface area contributed by atoms with Gasteiger partial charge in [0.2, 0.25) is 0 Å². The van der Waals surface area contributed by atoms with Crippen molar-refractivity contribution in [2.45, 2.75) is 39.5 Å². The van der Waals surface area contributed by atoms with Crippen LogP contribution in [0.25, 0.3) is 0 Å². The van der Waals surface area contributed by atoms with Gasteiger partial charge in [-0.3, -0.25) is 9.48 Å². The lowest BCUT2D eigenvalue weighted by atomic mass is 9.96. The van der Waals surface area contributed by atoms with Crippen LogP contribution in [0.3, 0.4) is 0 Å². The number of hydrogen-bond acceptors (Lipinski definition) is 4. The van der Waals surface area contributed by atoms with E-state index in [9.17, 15) is 4.79 Å². The summed E-state index contributed by atoms with van der Waals surface area (Å²) in [5.41, 5.74) is -0.106. The summed E-state index contributed by atoms with van der Waals surface area (Å²) in [4.78, 5) is 15.7. The van der Waals surface area contributed by atoms with Gasteiger partial charge in [0.05, 0.1) is 6.61 Å². The molecule has 0 fully saturated rings. The molecule has 1 aromatic heterocycles. The molecule has 0 saturated carbocycles. The molecule has 1 heterocycles. The highest BCUT2D eigenvalue weighted by atomic mass is 16.5. The molecule has 5 heteroatoms. The van der Waals surface area contributed by atoms with Crippen molar-refractivity contribution < 1.29 is 9.53 Å². The molecule has 5 nitrogen and oxygen atoms in total. The topological polar surface area (TPSA) is 57.0 Å². The number of rotatable bonds is 3. The second-order valence-electron chi connectivity index (χ2n) is 4.71. The molecule has 0 unspecified atom stereocenters. The molecular weight excluding hydrogens is 206 g/mol. The van der Waals surface area contributed by atoms with Gasteiger partial charge in [0.1, 0.15) is 12.2 Å². The Hall–Kier alpha value is -1.39. The normalized spacial score (nSPS) is 11.6. The molecule has 0 radical (unpaired) electrons. The van der Waals surface area contributed by atoms with Crippen molar-refractivity contribution in [2.24, 2.45) is 7.05 Å². The van der Waals surface area contributed by atoms with Crippen LogP contribution >= 0.6 is 0 Å². The van der Waals surface area contributed by atoms with E-state index in [0.717, 1.165) is 5.82 Å². The first-order chi connectivity index (χ1) is 7.34. The second kappa shape index (κ2) is 4.63. The van der Waals surface area contributed by atoms with Crippen molar-refractivity contribution in [3.8, 4) is 0 Å². The van der Waals surface area contributed by atoms with Gasteiger partial charge in [-0.2, -0.15) is 5.10 Å². The Labute approximate surface area is 95.8 Å². The van der Waals surface area contributed by atoms with E-state index in [1.54, 1.807) is 18.7 Å². The van der Waals surface area contributed by atoms with Crippen LogP contribution in [0.4, 0.5) is 0 Å². The molecule has 0 aliphatic heterocycles. The number of esters is 1. The number of aromatic nitrogens is 3. The third kappa shape index (κ3) is 3.05. The van der Waals surface area contributed by atoms with E-state index in [0.29, 0.717) is 12.4 Å². The first kappa shape index (κ1) is 12.7. The van der Waals surface area contributed by atoms with Gasteiger partial charge < -0.3 is 4.74 Å². The highest BCUT2D eigenvalue weighted by molar-refractivity contribution is 5.71. The van der Waals surface area contributed by atoms with Gasteiger partial charge in [-0.1, -0.05) is 20.8 Å². The molecule has 1 aromatic rings. The second-order valence-corrected chi connectivity index (χ2v) is 4.71. The summed E-state index contributed by atoms with van der Waals surface area (Å²) in [5, 5.41) is 4.29. The molecule has 0 atom stereocenters. The lowest BCUT2D eigenvalue weighted by Crippen LogP contribution is -2.14. The van der Waals surface area contributed by atoms with Crippen LogP contribution < -0.4 is 0 Å². The third-order valence-corrected chi connectivity index (χ3v) is 2.13. The zero-order valence-electron chi connectivity index (χ0n) is 10.6. The van der Waals surface area contributed by atoms with Crippen molar-refractivity contribution in [1.29, 1.82) is 0 Å². The standard InChI is InChI=1S/C11H19N3O2/c1-6-16-9(15)7-8-12-10(11(2,3)4)13-14(8)5/h6-7H2,1-5H3. The van der Waals surface area contributed by atoms with Gasteiger partial charge in [-0.25, -0.2) is 4.98 Å². The van der Waals surface area contributed by atoms with Crippen LogP contribution in [0.1, 0.15) is 39.3 Å². The maximum absolute atomic E-state index is 11.3. The predicted molar refractivity (Wildman–Crippen MR) is 60.0 cm³/mol. The minimum absolute atomic E-state index is 0.106. The maximum atomic E-state index is 11.3. The SMILES string of the molecule is CCOC(=O)Cc1nc(C(C)(C)C)nn1C. The number of hydrogen-bond donors (Lipinski definition) is 0. The number of nitrogens with zero attached hydrogens (tertiary/aromatic N) is 3. The molecule has 0 amide bonds. The van der Waals surface area contributed by atoms with E-state index >= 15 is 0 Å². The Kier molecular flexibility index (Phi) is 3.67. The predicted octanol–water partition coefficient (Wildman–Crippen LogP) is 1.22. The van der Waals surface area contributed by atoms with E-state index in [2.05, 4.69) is 10.1 Å². The fraction of sp³-hybridized carbons (Fsp3) is 0.727. The number of aryl methyl sites for hydroxylation is 1. The molecular formula is C11H19N3O2. The van der Waals surface area contributed by atoms with Gasteiger partial charge in [0.25, 0.3) is 0 Å². The summed E-state index contributed by atoms with van der Waals surface area (Å²) in [6, 6.07) is 0. The zero-order chi connectivity index (χ0) is 12.3. The Morgan fingerprint density at radius 2 is 2.06 bits per heavy atom. The van der Waals surface area contributed by atoms with Crippen molar-refractivity contribution in [3.05, 3.63) is 11.6 Å². The lowest BCUT2D eigenvalue weighted by Gasteiger charge is -2.11. The summed E-state index contributed by atoms with van der Waals surface area (Å²) in [6.45, 7) is 8.29. The first-order valence-electron chi connectivity index (χ1n) is 5.40. The molecule has 0 saturated heterocycles. The number of ether oxygens (including phenoxy) is 1. The monoisotopic (exact) mass is 225 g/mol. The van der Waals surface area contributed by atoms with Crippen LogP contribution in [0.2, 0.25) is 0 Å². The molecule has 0 bridgehead atoms. The Morgan fingerprint density at radius 3 is 2.50 bits per heavy atom. The zero-order valence-corrected chi connectivity index (χ0v) is 10.6. The third-order valence-electron chi connectivity index (χ3n) is 2.13. The lowest BCUT2D eigenvalue weighted by molar-refractivity contribution is -0.142. The highest BCUT2D eigenvalue weighted by Gasteiger charge is 2.21. The van der Waals surface area contributed by atoms with Crippen LogP contribution in [0.5, 0.6) is 0 Å². The van der Waals surface area contributed by atoms with Crippen LogP contribution in [0, 0.1) is 0 Å². The summed E-state index contributed by atoms with van der Waals surface area (Å²) >= 11 is 0. The average molecular weight is 225 g/mol. The van der Waals surface area contributed by atoms with Gasteiger partial charge in [0.15, 0.2) is 5.82 Å². The summed E-state index contributed by atoms with van der Waals surface area (Å²) in [5.74, 6) is 1.12. The fourth-order valence-electron chi connectivity index (χ4n) is 1.23. The van der Waals surface area contributed by atoms with Crippen molar-refractivity contribution >= 4 is 5.97 Å². The molecule has 16 heavy (non-hydrogen) atoms. The van der Waals surface area contributed by atoms with Gasteiger partial charge in [0, 0.05) is 12.5 Å². The molecule has 90 valence electrons. The minimum atomic E-state index is -0.265. The number of carbonyl (C=O) groups is 1. The Bertz CT molecular complexity index is 377. The average Bonchev–Trinajstić information content (AvgIpc) is 2.47. The quantitative estimate of drug-likeness (QED) is 0.726. The molecule has 1 rings (SSSR count). The van der Waals surface area contributed by atoms with E-state index < -0.39 is 0 Å². The molecule has 0 aliphatic rings. The summed E-state index contributed by atoms with van der Waals surface area (Å²) in [7, 11) is 1.79. The highest BCUT2D eigenvalue weighted by Crippen LogP contribution is 2.18. The van der Waals surface area contributed by atoms with Gasteiger partial charge in [-0.05, 0) is 6.92 Å². The van der Waals surface area contributed by atoms with Crippen LogP contribution in [0.15, 0.2) is 0 Å². The number of carbonyl (C=O) groups excluding carboxylic acids is 1. The van der Waals surface area contributed by atoms with E-state index in [1.807, 2.05) is 20.8 Å². The van der Waals surface area contributed by atoms with Crippen molar-refractivity contribution in [3.63, 3.8) is 0 Å². The Morgan fingerprint density at radius 1 is 1.44 bits per heavy atom. The molecule has 0 aliphatic carbocycles. The fourth-order valence-corrected chi connectivity index (χ4v) is 1.23. The van der Waals surface area contributed by atoms with Crippen LogP contribution in [-0.2, 0) is 28.4 Å². The maximum Gasteiger partial charge on any atom is 0.313 e. The van der Waals surface area contributed by atoms with Crippen LogP contribution in [-0.4, -0.2) is 27.3 Å².